The van der Waals surface area contributed by atoms with E-state index in [-0.39, 0.29) is 31.8 Å². The molecule has 1 saturated heterocycles. The number of alkyl halides is 4. The molecular weight excluding hydrogens is 275 g/mol. The molecule has 0 bridgehead atoms. The Morgan fingerprint density at radius 1 is 1.33 bits per heavy atom. The van der Waals surface area contributed by atoms with Crippen LogP contribution in [0.25, 0.3) is 0 Å². The highest BCUT2D eigenvalue weighted by molar-refractivity contribution is 9.09. The predicted molar refractivity (Wildman–Crippen MR) is 53.8 cm³/mol. The zero-order valence-corrected chi connectivity index (χ0v) is 9.77. The SMILES string of the molecule is O=C(CCBr)N1CCC(C(F)(F)F)CC1. The lowest BCUT2D eigenvalue weighted by Gasteiger charge is -2.32. The summed E-state index contributed by atoms with van der Waals surface area (Å²) >= 11 is 3.13. The zero-order chi connectivity index (χ0) is 11.5. The van der Waals surface area contributed by atoms with Crippen molar-refractivity contribution in [2.75, 3.05) is 18.4 Å². The Balaban J connectivity index is 2.39. The number of amides is 1. The van der Waals surface area contributed by atoms with Crippen LogP contribution in [0.15, 0.2) is 0 Å². The fourth-order valence-corrected chi connectivity index (χ4v) is 2.03. The van der Waals surface area contributed by atoms with E-state index in [1.165, 1.54) is 4.90 Å². The van der Waals surface area contributed by atoms with Gasteiger partial charge in [0.05, 0.1) is 5.92 Å². The van der Waals surface area contributed by atoms with Gasteiger partial charge in [-0.25, -0.2) is 0 Å². The molecule has 0 N–H and O–H groups in total. The molecule has 0 spiro atoms. The molecule has 0 aromatic carbocycles. The Kier molecular flexibility index (Phi) is 4.43. The van der Waals surface area contributed by atoms with E-state index in [0.717, 1.165) is 0 Å². The summed E-state index contributed by atoms with van der Waals surface area (Å²) < 4.78 is 36.9. The van der Waals surface area contributed by atoms with E-state index in [4.69, 9.17) is 0 Å². The molecule has 0 saturated carbocycles. The third-order valence-corrected chi connectivity index (χ3v) is 3.02. The van der Waals surface area contributed by atoms with Crippen molar-refractivity contribution in [3.63, 3.8) is 0 Å². The van der Waals surface area contributed by atoms with Gasteiger partial charge in [-0.05, 0) is 12.8 Å². The second-order valence-corrected chi connectivity index (χ2v) is 4.43. The van der Waals surface area contributed by atoms with Crippen LogP contribution in [0.4, 0.5) is 13.2 Å². The molecule has 0 unspecified atom stereocenters. The van der Waals surface area contributed by atoms with E-state index in [1.807, 2.05) is 0 Å². The highest BCUT2D eigenvalue weighted by Crippen LogP contribution is 2.34. The lowest BCUT2D eigenvalue weighted by Crippen LogP contribution is -2.42. The Morgan fingerprint density at radius 2 is 1.87 bits per heavy atom. The van der Waals surface area contributed by atoms with Crippen molar-refractivity contribution in [1.82, 2.24) is 4.90 Å². The van der Waals surface area contributed by atoms with Crippen molar-refractivity contribution in [3.8, 4) is 0 Å². The Bertz CT molecular complexity index is 224. The molecule has 0 atom stereocenters. The fourth-order valence-electron chi connectivity index (χ4n) is 1.70. The van der Waals surface area contributed by atoms with Crippen LogP contribution in [-0.4, -0.2) is 35.4 Å². The first-order chi connectivity index (χ1) is 6.95. The lowest BCUT2D eigenvalue weighted by molar-refractivity contribution is -0.186. The molecule has 6 heteroatoms. The van der Waals surface area contributed by atoms with Crippen LogP contribution in [-0.2, 0) is 4.79 Å². The van der Waals surface area contributed by atoms with Gasteiger partial charge in [0.1, 0.15) is 0 Å². The number of likely N-dealkylation sites (tertiary alicyclic amines) is 1. The number of piperidine rings is 1. The minimum Gasteiger partial charge on any atom is -0.343 e. The number of rotatable bonds is 2. The molecule has 1 fully saturated rings. The van der Waals surface area contributed by atoms with Crippen molar-refractivity contribution >= 4 is 21.8 Å². The summed E-state index contributed by atoms with van der Waals surface area (Å²) in [7, 11) is 0. The molecule has 1 heterocycles. The van der Waals surface area contributed by atoms with Crippen molar-refractivity contribution < 1.29 is 18.0 Å². The number of hydrogen-bond donors (Lipinski definition) is 0. The normalized spacial score (nSPS) is 19.3. The van der Waals surface area contributed by atoms with Crippen molar-refractivity contribution in [1.29, 1.82) is 0 Å². The quantitative estimate of drug-likeness (QED) is 0.715. The van der Waals surface area contributed by atoms with E-state index in [1.54, 1.807) is 0 Å². The first kappa shape index (κ1) is 12.8. The van der Waals surface area contributed by atoms with Gasteiger partial charge < -0.3 is 4.90 Å². The van der Waals surface area contributed by atoms with Gasteiger partial charge in [-0.2, -0.15) is 13.2 Å². The van der Waals surface area contributed by atoms with Gasteiger partial charge >= 0.3 is 6.18 Å². The van der Waals surface area contributed by atoms with Crippen molar-refractivity contribution in [3.05, 3.63) is 0 Å². The van der Waals surface area contributed by atoms with Crippen LogP contribution < -0.4 is 0 Å². The van der Waals surface area contributed by atoms with Gasteiger partial charge in [-0.3, -0.25) is 4.79 Å². The fraction of sp³-hybridized carbons (Fsp3) is 0.889. The third-order valence-electron chi connectivity index (χ3n) is 2.62. The van der Waals surface area contributed by atoms with Crippen molar-refractivity contribution in [2.24, 2.45) is 5.92 Å². The molecule has 88 valence electrons. The van der Waals surface area contributed by atoms with E-state index >= 15 is 0 Å². The summed E-state index contributed by atoms with van der Waals surface area (Å²) in [5.74, 6) is -1.29. The predicted octanol–water partition coefficient (Wildman–Crippen LogP) is 2.57. The van der Waals surface area contributed by atoms with E-state index < -0.39 is 12.1 Å². The maximum atomic E-state index is 12.3. The van der Waals surface area contributed by atoms with Crippen molar-refractivity contribution in [2.45, 2.75) is 25.4 Å². The summed E-state index contributed by atoms with van der Waals surface area (Å²) in [5.41, 5.74) is 0. The number of halogens is 4. The Hall–Kier alpha value is -0.260. The molecule has 1 rings (SSSR count). The average molecular weight is 288 g/mol. The van der Waals surface area contributed by atoms with Gasteiger partial charge in [0.2, 0.25) is 5.91 Å². The molecule has 0 aromatic rings. The van der Waals surface area contributed by atoms with Crippen LogP contribution in [0.1, 0.15) is 19.3 Å². The van der Waals surface area contributed by atoms with Crippen LogP contribution in [0.5, 0.6) is 0 Å². The molecule has 2 nitrogen and oxygen atoms in total. The summed E-state index contributed by atoms with van der Waals surface area (Å²) in [6.07, 6.45) is -3.67. The summed E-state index contributed by atoms with van der Waals surface area (Å²) in [6.45, 7) is 0.464. The molecule has 15 heavy (non-hydrogen) atoms. The van der Waals surface area contributed by atoms with Gasteiger partial charge in [-0.1, -0.05) is 15.9 Å². The number of nitrogens with zero attached hydrogens (tertiary/aromatic N) is 1. The summed E-state index contributed by atoms with van der Waals surface area (Å²) in [4.78, 5) is 12.9. The number of hydrogen-bond acceptors (Lipinski definition) is 1. The average Bonchev–Trinajstić information content (AvgIpc) is 2.17. The second kappa shape index (κ2) is 5.18. The molecular formula is C9H13BrF3NO. The summed E-state index contributed by atoms with van der Waals surface area (Å²) in [6, 6.07) is 0. The topological polar surface area (TPSA) is 20.3 Å². The van der Waals surface area contributed by atoms with E-state index in [9.17, 15) is 18.0 Å². The zero-order valence-electron chi connectivity index (χ0n) is 8.19. The maximum Gasteiger partial charge on any atom is 0.391 e. The maximum absolute atomic E-state index is 12.3. The molecule has 0 aliphatic carbocycles. The number of carbonyl (C=O) groups excluding carboxylic acids is 1. The number of carbonyl (C=O) groups is 1. The van der Waals surface area contributed by atoms with Gasteiger partial charge in [0.15, 0.2) is 0 Å². The Morgan fingerprint density at radius 3 is 2.27 bits per heavy atom. The van der Waals surface area contributed by atoms with E-state index in [0.29, 0.717) is 11.8 Å². The minimum absolute atomic E-state index is 0.0392. The van der Waals surface area contributed by atoms with Gasteiger partial charge in [0.25, 0.3) is 0 Å². The molecule has 0 radical (unpaired) electrons. The molecule has 1 aliphatic heterocycles. The lowest BCUT2D eigenvalue weighted by atomic mass is 9.96. The summed E-state index contributed by atoms with van der Waals surface area (Å²) in [5, 5.41) is 0.561. The largest absolute Gasteiger partial charge is 0.391 e. The second-order valence-electron chi connectivity index (χ2n) is 3.64. The first-order valence-electron chi connectivity index (χ1n) is 4.85. The Labute approximate surface area is 94.9 Å². The monoisotopic (exact) mass is 287 g/mol. The van der Waals surface area contributed by atoms with Crippen LogP contribution >= 0.6 is 15.9 Å². The van der Waals surface area contributed by atoms with Gasteiger partial charge in [-0.15, -0.1) is 0 Å². The molecule has 0 aromatic heterocycles. The highest BCUT2D eigenvalue weighted by atomic mass is 79.9. The van der Waals surface area contributed by atoms with Crippen LogP contribution in [0.3, 0.4) is 0 Å². The first-order valence-corrected chi connectivity index (χ1v) is 5.97. The van der Waals surface area contributed by atoms with Crippen LogP contribution in [0, 0.1) is 5.92 Å². The van der Waals surface area contributed by atoms with E-state index in [2.05, 4.69) is 15.9 Å². The van der Waals surface area contributed by atoms with Gasteiger partial charge in [0, 0.05) is 24.8 Å². The molecule has 1 amide bonds. The molecule has 1 aliphatic rings. The smallest absolute Gasteiger partial charge is 0.343 e. The standard InChI is InChI=1S/C9H13BrF3NO/c10-4-1-8(15)14-5-2-7(3-6-14)9(11,12)13/h7H,1-6H2. The highest BCUT2D eigenvalue weighted by Gasteiger charge is 2.41. The van der Waals surface area contributed by atoms with Crippen LogP contribution in [0.2, 0.25) is 0 Å². The third kappa shape index (κ3) is 3.66. The minimum atomic E-state index is -4.11.